The van der Waals surface area contributed by atoms with Crippen LogP contribution in [0.25, 0.3) is 10.9 Å². The minimum atomic E-state index is -0.0169. The predicted molar refractivity (Wildman–Crippen MR) is 119 cm³/mol. The number of methoxy groups -OCH3 is 1. The van der Waals surface area contributed by atoms with Crippen molar-refractivity contribution in [3.63, 3.8) is 0 Å². The second kappa shape index (κ2) is 8.21. The molecule has 0 radical (unpaired) electrons. The monoisotopic (exact) mass is 392 g/mol. The van der Waals surface area contributed by atoms with E-state index in [4.69, 9.17) is 4.74 Å². The molecule has 4 nitrogen and oxygen atoms in total. The summed E-state index contributed by atoms with van der Waals surface area (Å²) in [7, 11) is 1.69. The molecule has 29 heavy (non-hydrogen) atoms. The van der Waals surface area contributed by atoms with Crippen LogP contribution in [0.4, 0.5) is 0 Å². The number of hydrogen-bond donors (Lipinski definition) is 2. The van der Waals surface area contributed by atoms with Gasteiger partial charge < -0.3 is 14.8 Å². The van der Waals surface area contributed by atoms with Crippen molar-refractivity contribution in [1.29, 1.82) is 0 Å². The Morgan fingerprint density at radius 3 is 2.45 bits per heavy atom. The number of rotatable bonds is 6. The van der Waals surface area contributed by atoms with Gasteiger partial charge in [-0.3, -0.25) is 4.90 Å². The summed E-state index contributed by atoms with van der Waals surface area (Å²) in [5.74, 6) is 0.881. The van der Waals surface area contributed by atoms with Gasteiger partial charge in [0.25, 0.3) is 0 Å². The summed E-state index contributed by atoms with van der Waals surface area (Å²) in [6, 6.07) is 14.9. The SMILES string of the molecule is COc1ccc(CC2(CO)CCN(Cc3c(C)[nH]c4ccc(C)cc34)CC2)cc1. The van der Waals surface area contributed by atoms with E-state index in [1.165, 1.54) is 33.3 Å². The number of H-pyrrole nitrogens is 1. The first-order valence-corrected chi connectivity index (χ1v) is 10.6. The number of aliphatic hydroxyl groups is 1. The predicted octanol–water partition coefficient (Wildman–Crippen LogP) is 4.61. The van der Waals surface area contributed by atoms with Gasteiger partial charge in [0.05, 0.1) is 7.11 Å². The highest BCUT2D eigenvalue weighted by Crippen LogP contribution is 2.36. The van der Waals surface area contributed by atoms with Gasteiger partial charge in [-0.2, -0.15) is 0 Å². The average Bonchev–Trinajstić information content (AvgIpc) is 3.04. The number of aliphatic hydroxyl groups excluding tert-OH is 1. The Bertz CT molecular complexity index is 966. The summed E-state index contributed by atoms with van der Waals surface area (Å²) < 4.78 is 5.26. The Morgan fingerprint density at radius 1 is 1.07 bits per heavy atom. The summed E-state index contributed by atoms with van der Waals surface area (Å²) >= 11 is 0. The second-order valence-electron chi connectivity index (χ2n) is 8.74. The smallest absolute Gasteiger partial charge is 0.118 e. The molecule has 4 rings (SSSR count). The molecule has 3 aromatic rings. The molecule has 154 valence electrons. The third-order valence-electron chi connectivity index (χ3n) is 6.65. The van der Waals surface area contributed by atoms with Gasteiger partial charge in [-0.1, -0.05) is 23.8 Å². The van der Waals surface area contributed by atoms with E-state index in [0.29, 0.717) is 0 Å². The topological polar surface area (TPSA) is 48.5 Å². The molecule has 1 aliphatic rings. The molecule has 1 aliphatic heterocycles. The quantitative estimate of drug-likeness (QED) is 0.644. The Hall–Kier alpha value is -2.30. The molecule has 2 N–H and O–H groups in total. The molecule has 0 saturated carbocycles. The van der Waals surface area contributed by atoms with Gasteiger partial charge in [-0.15, -0.1) is 0 Å². The van der Waals surface area contributed by atoms with Crippen LogP contribution in [0.2, 0.25) is 0 Å². The van der Waals surface area contributed by atoms with E-state index in [1.54, 1.807) is 7.11 Å². The number of nitrogens with zero attached hydrogens (tertiary/aromatic N) is 1. The number of benzene rings is 2. The van der Waals surface area contributed by atoms with Crippen molar-refractivity contribution in [3.8, 4) is 5.75 Å². The van der Waals surface area contributed by atoms with Gasteiger partial charge >= 0.3 is 0 Å². The number of hydrogen-bond acceptors (Lipinski definition) is 3. The van der Waals surface area contributed by atoms with Crippen molar-refractivity contribution in [2.75, 3.05) is 26.8 Å². The minimum Gasteiger partial charge on any atom is -0.497 e. The highest BCUT2D eigenvalue weighted by Gasteiger charge is 2.34. The van der Waals surface area contributed by atoms with E-state index < -0.39 is 0 Å². The normalized spacial score (nSPS) is 17.0. The van der Waals surface area contributed by atoms with E-state index in [0.717, 1.165) is 44.6 Å². The Balaban J connectivity index is 1.44. The molecule has 0 spiro atoms. The molecule has 0 unspecified atom stereocenters. The molecule has 0 amide bonds. The van der Waals surface area contributed by atoms with Crippen LogP contribution in [0.5, 0.6) is 5.75 Å². The lowest BCUT2D eigenvalue weighted by atomic mass is 9.74. The summed E-state index contributed by atoms with van der Waals surface area (Å²) in [6.07, 6.45) is 2.97. The Labute approximate surface area is 173 Å². The molecular weight excluding hydrogens is 360 g/mol. The van der Waals surface area contributed by atoms with Crippen LogP contribution in [0, 0.1) is 19.3 Å². The maximum absolute atomic E-state index is 10.2. The number of nitrogens with one attached hydrogen (secondary N) is 1. The van der Waals surface area contributed by atoms with E-state index in [9.17, 15) is 5.11 Å². The van der Waals surface area contributed by atoms with Gasteiger partial charge in [0.15, 0.2) is 0 Å². The minimum absolute atomic E-state index is 0.0169. The average molecular weight is 393 g/mol. The van der Waals surface area contributed by atoms with E-state index in [1.807, 2.05) is 12.1 Å². The van der Waals surface area contributed by atoms with E-state index >= 15 is 0 Å². The van der Waals surface area contributed by atoms with E-state index in [-0.39, 0.29) is 12.0 Å². The van der Waals surface area contributed by atoms with E-state index in [2.05, 4.69) is 54.1 Å². The lowest BCUT2D eigenvalue weighted by Gasteiger charge is -2.41. The van der Waals surface area contributed by atoms with Gasteiger partial charge in [0.2, 0.25) is 0 Å². The third kappa shape index (κ3) is 4.19. The van der Waals surface area contributed by atoms with Crippen LogP contribution < -0.4 is 4.74 Å². The lowest BCUT2D eigenvalue weighted by molar-refractivity contribution is 0.0414. The largest absolute Gasteiger partial charge is 0.497 e. The fourth-order valence-electron chi connectivity index (χ4n) is 4.68. The number of likely N-dealkylation sites (tertiary alicyclic amines) is 1. The second-order valence-corrected chi connectivity index (χ2v) is 8.74. The fraction of sp³-hybridized carbons (Fsp3) is 0.440. The Kier molecular flexibility index (Phi) is 5.66. The van der Waals surface area contributed by atoms with Crippen LogP contribution in [0.15, 0.2) is 42.5 Å². The van der Waals surface area contributed by atoms with Gasteiger partial charge in [-0.25, -0.2) is 0 Å². The van der Waals surface area contributed by atoms with Crippen molar-refractivity contribution in [2.24, 2.45) is 5.41 Å². The number of aromatic amines is 1. The van der Waals surface area contributed by atoms with Crippen molar-refractivity contribution in [1.82, 2.24) is 9.88 Å². The van der Waals surface area contributed by atoms with Crippen LogP contribution in [0.1, 0.15) is 35.2 Å². The number of aromatic nitrogens is 1. The summed E-state index contributed by atoms with van der Waals surface area (Å²) in [5, 5.41) is 11.6. The number of fused-ring (bicyclic) bond motifs is 1. The van der Waals surface area contributed by atoms with Crippen molar-refractivity contribution in [3.05, 3.63) is 64.8 Å². The van der Waals surface area contributed by atoms with Crippen LogP contribution in [-0.2, 0) is 13.0 Å². The molecule has 4 heteroatoms. The van der Waals surface area contributed by atoms with Crippen molar-refractivity contribution < 1.29 is 9.84 Å². The highest BCUT2D eigenvalue weighted by atomic mass is 16.5. The zero-order valence-electron chi connectivity index (χ0n) is 17.8. The number of piperidine rings is 1. The van der Waals surface area contributed by atoms with Gasteiger partial charge in [0, 0.05) is 29.7 Å². The molecule has 1 saturated heterocycles. The maximum atomic E-state index is 10.2. The first-order chi connectivity index (χ1) is 14.0. The molecule has 2 aromatic carbocycles. The number of ether oxygens (including phenoxy) is 1. The number of aryl methyl sites for hydroxylation is 2. The van der Waals surface area contributed by atoms with Crippen LogP contribution in [-0.4, -0.2) is 41.8 Å². The zero-order chi connectivity index (χ0) is 20.4. The maximum Gasteiger partial charge on any atom is 0.118 e. The summed E-state index contributed by atoms with van der Waals surface area (Å²) in [4.78, 5) is 6.08. The molecule has 1 fully saturated rings. The van der Waals surface area contributed by atoms with Gasteiger partial charge in [-0.05, 0) is 87.0 Å². The van der Waals surface area contributed by atoms with Crippen LogP contribution >= 0.6 is 0 Å². The lowest BCUT2D eigenvalue weighted by Crippen LogP contribution is -2.42. The first-order valence-electron chi connectivity index (χ1n) is 10.6. The highest BCUT2D eigenvalue weighted by molar-refractivity contribution is 5.85. The third-order valence-corrected chi connectivity index (χ3v) is 6.65. The Morgan fingerprint density at radius 2 is 1.79 bits per heavy atom. The summed E-state index contributed by atoms with van der Waals surface area (Å²) in [6.45, 7) is 7.60. The standard InChI is InChI=1S/C25H32N2O2/c1-18-4-9-24-22(14-18)23(19(2)26-24)16-27-12-10-25(17-28,11-13-27)15-20-5-7-21(29-3)8-6-20/h4-9,14,26,28H,10-13,15-17H2,1-3H3. The van der Waals surface area contributed by atoms with Crippen molar-refractivity contribution in [2.45, 2.75) is 39.7 Å². The zero-order valence-corrected chi connectivity index (χ0v) is 17.8. The first kappa shape index (κ1) is 20.0. The molecule has 0 bridgehead atoms. The summed E-state index contributed by atoms with van der Waals surface area (Å²) in [5.41, 5.74) is 6.46. The molecule has 0 aliphatic carbocycles. The van der Waals surface area contributed by atoms with Gasteiger partial charge in [0.1, 0.15) is 5.75 Å². The molecule has 2 heterocycles. The molecule has 1 aromatic heterocycles. The fourth-order valence-corrected chi connectivity index (χ4v) is 4.68. The molecular formula is C25H32N2O2. The van der Waals surface area contributed by atoms with Crippen molar-refractivity contribution >= 4 is 10.9 Å². The van der Waals surface area contributed by atoms with Crippen LogP contribution in [0.3, 0.4) is 0 Å². The molecule has 0 atom stereocenters.